The summed E-state index contributed by atoms with van der Waals surface area (Å²) in [5.41, 5.74) is 0.774. The summed E-state index contributed by atoms with van der Waals surface area (Å²) in [6.45, 7) is 9.80. The fraction of sp³-hybridized carbons (Fsp3) is 0.696. The van der Waals surface area contributed by atoms with Crippen LogP contribution in [0, 0.1) is 22.0 Å². The molecule has 1 unspecified atom stereocenters. The van der Waals surface area contributed by atoms with E-state index in [-0.39, 0.29) is 22.4 Å². The minimum atomic E-state index is -0.336. The summed E-state index contributed by atoms with van der Waals surface area (Å²) in [4.78, 5) is 28.4. The monoisotopic (exact) mass is 432 g/mol. The van der Waals surface area contributed by atoms with E-state index in [0.717, 1.165) is 39.1 Å². The van der Waals surface area contributed by atoms with Crippen molar-refractivity contribution in [3.05, 3.63) is 34.4 Å². The van der Waals surface area contributed by atoms with Crippen LogP contribution in [0.4, 0.5) is 11.4 Å². The van der Waals surface area contributed by atoms with Gasteiger partial charge in [0.2, 0.25) is 5.91 Å². The largest absolute Gasteiger partial charge is 0.379 e. The van der Waals surface area contributed by atoms with Crippen LogP contribution < -0.4 is 10.2 Å². The molecule has 0 bridgehead atoms. The van der Waals surface area contributed by atoms with Gasteiger partial charge in [0, 0.05) is 50.7 Å². The van der Waals surface area contributed by atoms with Gasteiger partial charge in [0.15, 0.2) is 0 Å². The zero-order valence-electron chi connectivity index (χ0n) is 18.8. The molecule has 2 saturated heterocycles. The highest BCUT2D eigenvalue weighted by molar-refractivity contribution is 5.79. The van der Waals surface area contributed by atoms with Gasteiger partial charge < -0.3 is 15.0 Å². The summed E-state index contributed by atoms with van der Waals surface area (Å²) in [7, 11) is 0. The quantitative estimate of drug-likeness (QED) is 0.477. The molecule has 1 atom stereocenters. The minimum Gasteiger partial charge on any atom is -0.379 e. The molecule has 31 heavy (non-hydrogen) atoms. The fourth-order valence-corrected chi connectivity index (χ4v) is 4.95. The number of nitrogens with one attached hydrogen (secondary N) is 1. The van der Waals surface area contributed by atoms with E-state index < -0.39 is 0 Å². The van der Waals surface area contributed by atoms with Gasteiger partial charge in [0.25, 0.3) is 5.69 Å². The van der Waals surface area contributed by atoms with Crippen molar-refractivity contribution in [1.29, 1.82) is 0 Å². The third kappa shape index (κ3) is 5.95. The Kier molecular flexibility index (Phi) is 8.66. The molecule has 2 aliphatic rings. The molecule has 2 fully saturated rings. The number of piperidine rings is 1. The van der Waals surface area contributed by atoms with E-state index >= 15 is 0 Å². The third-order valence-electron chi connectivity index (χ3n) is 6.88. The van der Waals surface area contributed by atoms with Crippen LogP contribution in [0.2, 0.25) is 0 Å². The molecule has 8 nitrogen and oxygen atoms in total. The molecular formula is C23H36N4O4. The first-order chi connectivity index (χ1) is 15.0. The number of nitrogens with zero attached hydrogens (tertiary/aromatic N) is 3. The number of hydrogen-bond donors (Lipinski definition) is 1. The molecule has 172 valence electrons. The Hall–Kier alpha value is -2.19. The average molecular weight is 433 g/mol. The highest BCUT2D eigenvalue weighted by Crippen LogP contribution is 2.31. The van der Waals surface area contributed by atoms with E-state index in [1.165, 1.54) is 6.07 Å². The molecule has 0 saturated carbocycles. The van der Waals surface area contributed by atoms with Crippen molar-refractivity contribution in [2.45, 2.75) is 45.6 Å². The van der Waals surface area contributed by atoms with Gasteiger partial charge in [0.1, 0.15) is 5.69 Å². The Morgan fingerprint density at radius 3 is 2.42 bits per heavy atom. The molecule has 3 rings (SSSR count). The number of para-hydroxylation sites is 2. The maximum absolute atomic E-state index is 12.9. The van der Waals surface area contributed by atoms with Gasteiger partial charge in [0.05, 0.1) is 18.1 Å². The SMILES string of the molecule is CCC(CC)C(CNC(=O)C1CCN(c2ccccc2[N+](=O)[O-])CC1)N1CCOCC1. The van der Waals surface area contributed by atoms with Gasteiger partial charge in [-0.2, -0.15) is 0 Å². The highest BCUT2D eigenvalue weighted by Gasteiger charge is 2.31. The van der Waals surface area contributed by atoms with Gasteiger partial charge in [-0.25, -0.2) is 0 Å². The number of nitro benzene ring substituents is 1. The first kappa shape index (κ1) is 23.5. The summed E-state index contributed by atoms with van der Waals surface area (Å²) >= 11 is 0. The van der Waals surface area contributed by atoms with E-state index in [1.54, 1.807) is 12.1 Å². The summed E-state index contributed by atoms with van der Waals surface area (Å²) in [5, 5.41) is 14.6. The predicted molar refractivity (Wildman–Crippen MR) is 121 cm³/mol. The minimum absolute atomic E-state index is 0.0361. The molecule has 0 aromatic heterocycles. The van der Waals surface area contributed by atoms with Crippen molar-refractivity contribution in [2.75, 3.05) is 50.8 Å². The molecule has 1 aromatic carbocycles. The van der Waals surface area contributed by atoms with Crippen LogP contribution in [0.25, 0.3) is 0 Å². The lowest BCUT2D eigenvalue weighted by molar-refractivity contribution is -0.384. The molecule has 2 aliphatic heterocycles. The third-order valence-corrected chi connectivity index (χ3v) is 6.88. The van der Waals surface area contributed by atoms with Crippen LogP contribution >= 0.6 is 0 Å². The van der Waals surface area contributed by atoms with Crippen LogP contribution in [-0.4, -0.2) is 67.7 Å². The lowest BCUT2D eigenvalue weighted by Crippen LogP contribution is -2.53. The molecule has 1 amide bonds. The van der Waals surface area contributed by atoms with Crippen molar-refractivity contribution in [3.8, 4) is 0 Å². The average Bonchev–Trinajstić information content (AvgIpc) is 2.82. The Labute approximate surface area is 185 Å². The lowest BCUT2D eigenvalue weighted by atomic mass is 9.91. The highest BCUT2D eigenvalue weighted by atomic mass is 16.6. The number of hydrogen-bond acceptors (Lipinski definition) is 6. The van der Waals surface area contributed by atoms with Crippen molar-refractivity contribution in [2.24, 2.45) is 11.8 Å². The number of benzene rings is 1. The zero-order valence-corrected chi connectivity index (χ0v) is 18.8. The number of nitro groups is 1. The van der Waals surface area contributed by atoms with E-state index in [9.17, 15) is 14.9 Å². The van der Waals surface area contributed by atoms with E-state index in [0.29, 0.717) is 50.1 Å². The molecule has 1 aromatic rings. The lowest BCUT2D eigenvalue weighted by Gasteiger charge is -2.39. The summed E-state index contributed by atoms with van der Waals surface area (Å²) in [6, 6.07) is 7.19. The van der Waals surface area contributed by atoms with Crippen LogP contribution in [0.15, 0.2) is 24.3 Å². The second kappa shape index (κ2) is 11.4. The summed E-state index contributed by atoms with van der Waals surface area (Å²) < 4.78 is 5.51. The Bertz CT molecular complexity index is 726. The normalized spacial score (nSPS) is 19.4. The van der Waals surface area contributed by atoms with Gasteiger partial charge in [-0.1, -0.05) is 38.8 Å². The van der Waals surface area contributed by atoms with Crippen molar-refractivity contribution in [1.82, 2.24) is 10.2 Å². The number of anilines is 1. The van der Waals surface area contributed by atoms with Crippen LogP contribution in [-0.2, 0) is 9.53 Å². The number of rotatable bonds is 9. The fourth-order valence-electron chi connectivity index (χ4n) is 4.95. The number of carbonyl (C=O) groups excluding carboxylic acids is 1. The van der Waals surface area contributed by atoms with Gasteiger partial charge in [-0.05, 0) is 24.8 Å². The predicted octanol–water partition coefficient (Wildman–Crippen LogP) is 3.06. The van der Waals surface area contributed by atoms with E-state index in [4.69, 9.17) is 4.74 Å². The Balaban J connectivity index is 1.55. The van der Waals surface area contributed by atoms with Gasteiger partial charge >= 0.3 is 0 Å². The molecular weight excluding hydrogens is 396 g/mol. The van der Waals surface area contributed by atoms with E-state index in [1.807, 2.05) is 11.0 Å². The molecule has 8 heteroatoms. The maximum atomic E-state index is 12.9. The Morgan fingerprint density at radius 1 is 1.16 bits per heavy atom. The van der Waals surface area contributed by atoms with Crippen molar-refractivity contribution in [3.63, 3.8) is 0 Å². The molecule has 1 N–H and O–H groups in total. The van der Waals surface area contributed by atoms with Gasteiger partial charge in [-0.3, -0.25) is 19.8 Å². The van der Waals surface area contributed by atoms with Crippen LogP contribution in [0.5, 0.6) is 0 Å². The smallest absolute Gasteiger partial charge is 0.292 e. The van der Waals surface area contributed by atoms with E-state index in [2.05, 4.69) is 24.1 Å². The standard InChI is InChI=1S/C23H36N4O4/c1-3-18(4-2)22(26-13-15-31-16-14-26)17-24-23(28)19-9-11-25(12-10-19)20-7-5-6-8-21(20)27(29)30/h5-8,18-19,22H,3-4,9-17H2,1-2H3,(H,24,28). The molecule has 0 radical (unpaired) electrons. The Morgan fingerprint density at radius 2 is 1.81 bits per heavy atom. The van der Waals surface area contributed by atoms with Crippen molar-refractivity contribution < 1.29 is 14.5 Å². The zero-order chi connectivity index (χ0) is 22.2. The maximum Gasteiger partial charge on any atom is 0.292 e. The van der Waals surface area contributed by atoms with Crippen molar-refractivity contribution >= 4 is 17.3 Å². The summed E-state index contributed by atoms with van der Waals surface area (Å²) in [5.74, 6) is 0.636. The first-order valence-corrected chi connectivity index (χ1v) is 11.6. The second-order valence-electron chi connectivity index (χ2n) is 8.54. The molecule has 2 heterocycles. The van der Waals surface area contributed by atoms with Crippen LogP contribution in [0.1, 0.15) is 39.5 Å². The van der Waals surface area contributed by atoms with Crippen LogP contribution in [0.3, 0.4) is 0 Å². The number of morpholine rings is 1. The number of carbonyl (C=O) groups is 1. The number of amides is 1. The molecule has 0 spiro atoms. The second-order valence-corrected chi connectivity index (χ2v) is 8.54. The molecule has 0 aliphatic carbocycles. The topological polar surface area (TPSA) is 88.0 Å². The first-order valence-electron chi connectivity index (χ1n) is 11.6. The number of ether oxygens (including phenoxy) is 1. The van der Waals surface area contributed by atoms with Gasteiger partial charge in [-0.15, -0.1) is 0 Å². The summed E-state index contributed by atoms with van der Waals surface area (Å²) in [6.07, 6.45) is 3.63.